The van der Waals surface area contributed by atoms with Crippen LogP contribution < -0.4 is 0 Å². The van der Waals surface area contributed by atoms with Gasteiger partial charge in [-0.15, -0.1) is 24.8 Å². The first-order valence-electron chi connectivity index (χ1n) is 19.2. The summed E-state index contributed by atoms with van der Waals surface area (Å²) in [6.07, 6.45) is 13.4. The van der Waals surface area contributed by atoms with E-state index in [1.807, 2.05) is 0 Å². The standard InChI is InChI=1S/C29H37.C15H14.C5H5.2ClH.Zr/c1-26(2)9-11-28(5,6)24-16-20-18(14-22(24)26)13-19-15-23-25(17-21(19)20)29(7,8)12-10-27(23,3)4;1-12-3-7-14(8-4-12)11-15-9-5-13(2)6-10-15;1-2-4-5-3-1;;;/h13-17H,9-12H2,1-8H3;3-10H,1-2H3;1-3H,4H2;2*1H;. The Morgan fingerprint density at radius 2 is 0.904 bits per heavy atom. The summed E-state index contributed by atoms with van der Waals surface area (Å²) in [4.78, 5) is 0. The minimum absolute atomic E-state index is 0. The van der Waals surface area contributed by atoms with Crippen LogP contribution in [0.3, 0.4) is 0 Å². The first-order chi connectivity index (χ1) is 23.6. The van der Waals surface area contributed by atoms with Crippen LogP contribution in [0, 0.1) is 13.8 Å². The first-order valence-corrected chi connectivity index (χ1v) is 23.1. The summed E-state index contributed by atoms with van der Waals surface area (Å²) in [5.74, 6) is 0. The molecule has 52 heavy (non-hydrogen) atoms. The molecule has 0 atom stereocenters. The molecule has 0 N–H and O–H groups in total. The maximum Gasteiger partial charge on any atom is -0.147 e. The first kappa shape index (κ1) is 39.4. The molecule has 4 aliphatic rings. The molecule has 0 aromatic heterocycles. The third-order valence-electron chi connectivity index (χ3n) is 13.3. The summed E-state index contributed by atoms with van der Waals surface area (Å²) < 4.78 is 3.80. The second-order valence-electron chi connectivity index (χ2n) is 18.8. The van der Waals surface area contributed by atoms with Gasteiger partial charge in [-0.3, -0.25) is 0 Å². The van der Waals surface area contributed by atoms with E-state index < -0.39 is 21.3 Å². The van der Waals surface area contributed by atoms with E-state index >= 15 is 0 Å². The van der Waals surface area contributed by atoms with Gasteiger partial charge in [0.1, 0.15) is 0 Å². The summed E-state index contributed by atoms with van der Waals surface area (Å²) in [6, 6.07) is 30.0. The van der Waals surface area contributed by atoms with Gasteiger partial charge in [0.25, 0.3) is 0 Å². The Bertz CT molecular complexity index is 2000. The Hall–Kier alpha value is -2.31. The van der Waals surface area contributed by atoms with Crippen LogP contribution in [0.15, 0.2) is 94.3 Å². The number of halogens is 2. The number of allylic oxidation sites excluding steroid dienone is 4. The Morgan fingerprint density at radius 1 is 0.538 bits per heavy atom. The van der Waals surface area contributed by atoms with Crippen LogP contribution in [-0.4, -0.2) is 3.21 Å². The van der Waals surface area contributed by atoms with Gasteiger partial charge in [0.05, 0.1) is 0 Å². The van der Waals surface area contributed by atoms with Crippen molar-refractivity contribution in [1.82, 2.24) is 0 Å². The molecular weight excluding hydrogens is 751 g/mol. The fourth-order valence-corrected chi connectivity index (χ4v) is 18.7. The molecule has 0 nitrogen and oxygen atoms in total. The van der Waals surface area contributed by atoms with E-state index in [0.29, 0.717) is 3.63 Å². The van der Waals surface area contributed by atoms with Crippen LogP contribution in [0.25, 0.3) is 11.1 Å². The summed E-state index contributed by atoms with van der Waals surface area (Å²) in [5.41, 5.74) is 18.9. The van der Waals surface area contributed by atoms with E-state index in [1.54, 1.807) is 39.9 Å². The van der Waals surface area contributed by atoms with Crippen molar-refractivity contribution >= 4 is 28.0 Å². The Labute approximate surface area is 334 Å². The predicted molar refractivity (Wildman–Crippen MR) is 226 cm³/mol. The largest absolute Gasteiger partial charge is 0.147 e. The van der Waals surface area contributed by atoms with E-state index in [2.05, 4.69) is 160 Å². The molecule has 3 heteroatoms. The molecule has 4 aromatic carbocycles. The Morgan fingerprint density at radius 3 is 1.25 bits per heavy atom. The molecule has 0 spiro atoms. The molecule has 0 fully saturated rings. The number of hydrogen-bond donors (Lipinski definition) is 0. The van der Waals surface area contributed by atoms with Crippen molar-refractivity contribution in [3.8, 4) is 11.1 Å². The number of hydrogen-bond acceptors (Lipinski definition) is 0. The molecule has 0 radical (unpaired) electrons. The van der Waals surface area contributed by atoms with Gasteiger partial charge in [-0.25, -0.2) is 0 Å². The molecule has 0 unspecified atom stereocenters. The average Bonchev–Trinajstić information content (AvgIpc) is 3.71. The molecule has 0 bridgehead atoms. The molecule has 0 aliphatic heterocycles. The molecule has 272 valence electrons. The minimum Gasteiger partial charge on any atom is -0.147 e. The summed E-state index contributed by atoms with van der Waals surface area (Å²) >= 11 is -2.81. The van der Waals surface area contributed by atoms with Crippen LogP contribution in [0.5, 0.6) is 0 Å². The zero-order chi connectivity index (χ0) is 35.4. The van der Waals surface area contributed by atoms with E-state index in [0.717, 1.165) is 6.42 Å². The third-order valence-corrected chi connectivity index (χ3v) is 21.6. The molecule has 4 aliphatic carbocycles. The molecule has 0 saturated heterocycles. The quantitative estimate of drug-likeness (QED) is 0.193. The molecular formula is C49H58Cl2Zr. The average molecular weight is 809 g/mol. The van der Waals surface area contributed by atoms with Crippen molar-refractivity contribution in [2.45, 2.75) is 127 Å². The fraction of sp³-hybridized carbons (Fsp3) is 0.408. The molecule has 0 amide bonds. The van der Waals surface area contributed by atoms with Crippen LogP contribution in [0.2, 0.25) is 0 Å². The Kier molecular flexibility index (Phi) is 10.4. The van der Waals surface area contributed by atoms with Gasteiger partial charge >= 0.3 is 312 Å². The van der Waals surface area contributed by atoms with E-state index in [4.69, 9.17) is 0 Å². The van der Waals surface area contributed by atoms with Gasteiger partial charge in [-0.1, -0.05) is 0 Å². The van der Waals surface area contributed by atoms with Gasteiger partial charge in [0.15, 0.2) is 0 Å². The van der Waals surface area contributed by atoms with Gasteiger partial charge in [-0.05, 0) is 0 Å². The van der Waals surface area contributed by atoms with Crippen molar-refractivity contribution in [2.24, 2.45) is 0 Å². The maximum atomic E-state index is 2.76. The van der Waals surface area contributed by atoms with E-state index in [9.17, 15) is 0 Å². The smallest absolute Gasteiger partial charge is 0.147 e. The summed E-state index contributed by atoms with van der Waals surface area (Å²) in [7, 11) is 0. The number of aryl methyl sites for hydroxylation is 2. The number of rotatable bonds is 4. The van der Waals surface area contributed by atoms with Crippen molar-refractivity contribution in [1.29, 1.82) is 0 Å². The fourth-order valence-electron chi connectivity index (χ4n) is 9.74. The zero-order valence-corrected chi connectivity index (χ0v) is 37.2. The SMILES string of the molecule is Cc1ccc([C](c2ccc(C)cc2)=[Zr]([C]2=CC=CC2)[CH]2c3cc4c(cc3-c3cc5c(cc32)C(C)(C)CCC5(C)C)C(C)(C)CCC4(C)C)cc1.Cl.Cl. The predicted octanol–water partition coefficient (Wildman–Crippen LogP) is 13.6. The zero-order valence-electron chi connectivity index (χ0n) is 33.1. The van der Waals surface area contributed by atoms with Gasteiger partial charge in [0.2, 0.25) is 0 Å². The van der Waals surface area contributed by atoms with Crippen molar-refractivity contribution < 1.29 is 21.3 Å². The number of benzene rings is 4. The van der Waals surface area contributed by atoms with Gasteiger partial charge in [-0.2, -0.15) is 0 Å². The molecule has 0 heterocycles. The van der Waals surface area contributed by atoms with E-state index in [-0.39, 0.29) is 46.5 Å². The topological polar surface area (TPSA) is 0 Å². The second-order valence-corrected chi connectivity index (χ2v) is 25.0. The van der Waals surface area contributed by atoms with Crippen LogP contribution >= 0.6 is 24.8 Å². The normalized spacial score (nSPS) is 19.6. The van der Waals surface area contributed by atoms with E-state index in [1.165, 1.54) is 59.1 Å². The maximum absolute atomic E-state index is 2.81. The minimum atomic E-state index is -2.81. The van der Waals surface area contributed by atoms with Crippen molar-refractivity contribution in [2.75, 3.05) is 0 Å². The van der Waals surface area contributed by atoms with Crippen LogP contribution in [0.4, 0.5) is 0 Å². The number of fused-ring (bicyclic) bond motifs is 5. The Balaban J connectivity index is 0.00000232. The van der Waals surface area contributed by atoms with Crippen molar-refractivity contribution in [3.63, 3.8) is 0 Å². The summed E-state index contributed by atoms with van der Waals surface area (Å²) in [5, 5.41) is 0. The monoisotopic (exact) mass is 806 g/mol. The van der Waals surface area contributed by atoms with Gasteiger partial charge < -0.3 is 0 Å². The van der Waals surface area contributed by atoms with Crippen LogP contribution in [0.1, 0.15) is 147 Å². The second kappa shape index (κ2) is 13.8. The molecule has 4 aromatic rings. The van der Waals surface area contributed by atoms with Gasteiger partial charge in [0, 0.05) is 0 Å². The molecule has 8 rings (SSSR count). The van der Waals surface area contributed by atoms with Crippen LogP contribution in [-0.2, 0) is 42.9 Å². The molecule has 0 saturated carbocycles. The van der Waals surface area contributed by atoms with Crippen molar-refractivity contribution in [3.05, 3.63) is 150 Å². The third kappa shape index (κ3) is 6.48. The summed E-state index contributed by atoms with van der Waals surface area (Å²) in [6.45, 7) is 24.5.